The molecule has 0 aliphatic heterocycles. The van der Waals surface area contributed by atoms with Crippen molar-refractivity contribution in [2.24, 2.45) is 0 Å². The minimum Gasteiger partial charge on any atom is -0.497 e. The van der Waals surface area contributed by atoms with Gasteiger partial charge in [-0.3, -0.25) is 13.9 Å². The third-order valence-electron chi connectivity index (χ3n) is 4.21. The first-order valence-corrected chi connectivity index (χ1v) is 8.63. The van der Waals surface area contributed by atoms with E-state index in [1.54, 1.807) is 24.3 Å². The first kappa shape index (κ1) is 19.1. The van der Waals surface area contributed by atoms with Crippen molar-refractivity contribution in [3.63, 3.8) is 0 Å². The number of hydrogen-bond donors (Lipinski definition) is 1. The molecule has 0 saturated heterocycles. The monoisotopic (exact) mass is 392 g/mol. The highest BCUT2D eigenvalue weighted by molar-refractivity contribution is 6.31. The van der Waals surface area contributed by atoms with Crippen LogP contribution >= 0.6 is 11.6 Å². The predicted molar refractivity (Wildman–Crippen MR) is 101 cm³/mol. The van der Waals surface area contributed by atoms with Crippen LogP contribution in [0.1, 0.15) is 12.5 Å². The number of halogens is 2. The van der Waals surface area contributed by atoms with E-state index in [2.05, 4.69) is 0 Å². The molecule has 8 heteroatoms. The Bertz CT molecular complexity index is 1100. The number of ether oxygens (including phenoxy) is 1. The third-order valence-corrected chi connectivity index (χ3v) is 4.50. The predicted octanol–water partition coefficient (Wildman–Crippen LogP) is 2.39. The van der Waals surface area contributed by atoms with Gasteiger partial charge in [0.15, 0.2) is 0 Å². The maximum atomic E-state index is 13.9. The Hall–Kier alpha value is -2.64. The molecule has 0 fully saturated rings. The van der Waals surface area contributed by atoms with Crippen molar-refractivity contribution in [3.8, 4) is 5.75 Å². The number of nitrogens with zero attached hydrogens (tertiary/aromatic N) is 2. The van der Waals surface area contributed by atoms with E-state index in [0.29, 0.717) is 11.3 Å². The minimum atomic E-state index is -0.846. The molecule has 0 aliphatic carbocycles. The van der Waals surface area contributed by atoms with Crippen LogP contribution in [0.4, 0.5) is 4.39 Å². The van der Waals surface area contributed by atoms with E-state index in [1.807, 2.05) is 0 Å². The second kappa shape index (κ2) is 7.54. The summed E-state index contributed by atoms with van der Waals surface area (Å²) in [5.74, 6) is -0.104. The van der Waals surface area contributed by atoms with E-state index < -0.39 is 23.2 Å². The van der Waals surface area contributed by atoms with Crippen molar-refractivity contribution in [1.82, 2.24) is 9.13 Å². The lowest BCUT2D eigenvalue weighted by atomic mass is 10.2. The molecular weight excluding hydrogens is 375 g/mol. The normalized spacial score (nSPS) is 12.3. The molecule has 2 aromatic carbocycles. The average molecular weight is 393 g/mol. The van der Waals surface area contributed by atoms with Gasteiger partial charge in [0.25, 0.3) is 5.56 Å². The zero-order valence-corrected chi connectivity index (χ0v) is 15.5. The molecule has 0 spiro atoms. The Balaban J connectivity index is 2.23. The van der Waals surface area contributed by atoms with E-state index in [4.69, 9.17) is 16.3 Å². The summed E-state index contributed by atoms with van der Waals surface area (Å²) in [7, 11) is 1.54. The number of rotatable bonds is 5. The van der Waals surface area contributed by atoms with Gasteiger partial charge in [-0.05, 0) is 36.8 Å². The molecule has 0 unspecified atom stereocenters. The minimum absolute atomic E-state index is 0.00164. The van der Waals surface area contributed by atoms with Crippen LogP contribution in [0.3, 0.4) is 0 Å². The van der Waals surface area contributed by atoms with Gasteiger partial charge in [-0.25, -0.2) is 9.18 Å². The summed E-state index contributed by atoms with van der Waals surface area (Å²) < 4.78 is 21.3. The lowest BCUT2D eigenvalue weighted by molar-refractivity contribution is 0.172. The quantitative estimate of drug-likeness (QED) is 0.723. The number of methoxy groups -OCH3 is 1. The zero-order chi connectivity index (χ0) is 19.7. The Morgan fingerprint density at radius 1 is 1.19 bits per heavy atom. The molecule has 0 radical (unpaired) electrons. The molecule has 1 N–H and O–H groups in total. The molecule has 0 aliphatic rings. The number of aromatic nitrogens is 2. The fourth-order valence-corrected chi connectivity index (χ4v) is 3.06. The molecule has 0 amide bonds. The van der Waals surface area contributed by atoms with E-state index in [-0.39, 0.29) is 29.0 Å². The number of hydrogen-bond acceptors (Lipinski definition) is 4. The van der Waals surface area contributed by atoms with E-state index in [9.17, 15) is 19.1 Å². The Labute approximate surface area is 159 Å². The molecule has 3 aromatic rings. The summed E-state index contributed by atoms with van der Waals surface area (Å²) in [6, 6.07) is 9.15. The maximum Gasteiger partial charge on any atom is 0.331 e. The largest absolute Gasteiger partial charge is 0.497 e. The molecule has 1 heterocycles. The summed E-state index contributed by atoms with van der Waals surface area (Å²) in [4.78, 5) is 25.7. The molecule has 1 aromatic heterocycles. The van der Waals surface area contributed by atoms with Gasteiger partial charge in [0, 0.05) is 0 Å². The van der Waals surface area contributed by atoms with Crippen molar-refractivity contribution in [1.29, 1.82) is 0 Å². The van der Waals surface area contributed by atoms with E-state index >= 15 is 0 Å². The van der Waals surface area contributed by atoms with Gasteiger partial charge in [-0.15, -0.1) is 0 Å². The second-order valence-corrected chi connectivity index (χ2v) is 6.67. The molecule has 142 valence electrons. The van der Waals surface area contributed by atoms with Crippen molar-refractivity contribution in [2.75, 3.05) is 7.11 Å². The van der Waals surface area contributed by atoms with Crippen molar-refractivity contribution >= 4 is 22.5 Å². The van der Waals surface area contributed by atoms with Crippen LogP contribution in [0.5, 0.6) is 5.75 Å². The summed E-state index contributed by atoms with van der Waals surface area (Å²) >= 11 is 5.83. The first-order valence-electron chi connectivity index (χ1n) is 8.25. The third kappa shape index (κ3) is 3.74. The van der Waals surface area contributed by atoms with Gasteiger partial charge in [0.1, 0.15) is 11.6 Å². The van der Waals surface area contributed by atoms with Crippen LogP contribution in [0.15, 0.2) is 46.0 Å². The maximum absolute atomic E-state index is 13.9. The number of fused-ring (bicyclic) bond motifs is 1. The van der Waals surface area contributed by atoms with Crippen molar-refractivity contribution in [3.05, 3.63) is 73.6 Å². The molecule has 6 nitrogen and oxygen atoms in total. The number of aliphatic hydroxyl groups is 1. The van der Waals surface area contributed by atoms with Crippen LogP contribution < -0.4 is 16.0 Å². The fraction of sp³-hybridized carbons (Fsp3) is 0.263. The molecule has 3 rings (SSSR count). The van der Waals surface area contributed by atoms with Crippen LogP contribution in [-0.2, 0) is 13.1 Å². The fourth-order valence-electron chi connectivity index (χ4n) is 2.91. The highest BCUT2D eigenvalue weighted by Gasteiger charge is 2.17. The van der Waals surface area contributed by atoms with Crippen LogP contribution in [-0.4, -0.2) is 27.5 Å². The lowest BCUT2D eigenvalue weighted by Gasteiger charge is -2.16. The smallest absolute Gasteiger partial charge is 0.331 e. The average Bonchev–Trinajstić information content (AvgIpc) is 2.64. The molecule has 0 saturated carbocycles. The van der Waals surface area contributed by atoms with Gasteiger partial charge in [0.2, 0.25) is 0 Å². The van der Waals surface area contributed by atoms with E-state index in [1.165, 1.54) is 24.7 Å². The highest BCUT2D eigenvalue weighted by atomic mass is 35.5. The highest BCUT2D eigenvalue weighted by Crippen LogP contribution is 2.20. The Morgan fingerprint density at radius 3 is 2.44 bits per heavy atom. The second-order valence-electron chi connectivity index (χ2n) is 6.27. The molecule has 1 atom stereocenters. The Morgan fingerprint density at radius 2 is 1.85 bits per heavy atom. The van der Waals surface area contributed by atoms with Crippen molar-refractivity contribution < 1.29 is 14.2 Å². The molecular formula is C19H18ClFN2O4. The van der Waals surface area contributed by atoms with Crippen molar-refractivity contribution in [2.45, 2.75) is 26.1 Å². The first-order chi connectivity index (χ1) is 12.8. The number of aliphatic hydroxyl groups excluding tert-OH is 1. The zero-order valence-electron chi connectivity index (χ0n) is 14.8. The molecule has 0 bridgehead atoms. The summed E-state index contributed by atoms with van der Waals surface area (Å²) in [6.07, 6.45) is -0.846. The van der Waals surface area contributed by atoms with Gasteiger partial charge < -0.3 is 9.84 Å². The van der Waals surface area contributed by atoms with Crippen LogP contribution in [0.25, 0.3) is 10.9 Å². The summed E-state index contributed by atoms with van der Waals surface area (Å²) in [6.45, 7) is 1.46. The van der Waals surface area contributed by atoms with Crippen LogP contribution in [0, 0.1) is 5.82 Å². The summed E-state index contributed by atoms with van der Waals surface area (Å²) in [5, 5.41) is 9.57. The van der Waals surface area contributed by atoms with Gasteiger partial charge in [-0.1, -0.05) is 23.7 Å². The lowest BCUT2D eigenvalue weighted by Crippen LogP contribution is -2.41. The van der Waals surface area contributed by atoms with E-state index in [0.717, 1.165) is 10.6 Å². The van der Waals surface area contributed by atoms with Gasteiger partial charge in [-0.2, -0.15) is 0 Å². The topological polar surface area (TPSA) is 73.5 Å². The SMILES string of the molecule is COc1ccc(Cn2c(=O)c3cc(F)c(Cl)cc3n(C[C@@H](C)O)c2=O)cc1. The van der Waals surface area contributed by atoms with Crippen LogP contribution in [0.2, 0.25) is 5.02 Å². The Kier molecular flexibility index (Phi) is 5.34. The van der Waals surface area contributed by atoms with Gasteiger partial charge >= 0.3 is 5.69 Å². The van der Waals surface area contributed by atoms with Gasteiger partial charge in [0.05, 0.1) is 42.2 Å². The molecule has 27 heavy (non-hydrogen) atoms. The number of benzene rings is 2. The standard InChI is InChI=1S/C19H18ClFN2O4/c1-11(24)9-22-17-8-15(20)16(21)7-14(17)18(25)23(19(22)26)10-12-3-5-13(27-2)6-4-12/h3-8,11,24H,9-10H2,1-2H3/t11-/m1/s1. The summed E-state index contributed by atoms with van der Waals surface area (Å²) in [5.41, 5.74) is -0.342.